The van der Waals surface area contributed by atoms with E-state index < -0.39 is 12.1 Å². The number of unbranched alkanes of at least 4 members (excludes halogenated alkanes) is 1. The van der Waals surface area contributed by atoms with Crippen LogP contribution in [0.15, 0.2) is 78.9 Å². The molecule has 8 nitrogen and oxygen atoms in total. The van der Waals surface area contributed by atoms with Gasteiger partial charge in [0.15, 0.2) is 0 Å². The van der Waals surface area contributed by atoms with Crippen molar-refractivity contribution in [3.63, 3.8) is 0 Å². The Hall–Kier alpha value is -4.30. The van der Waals surface area contributed by atoms with Crippen molar-refractivity contribution in [3.8, 4) is 5.75 Å². The minimum atomic E-state index is -0.705. The van der Waals surface area contributed by atoms with E-state index in [9.17, 15) is 9.59 Å². The monoisotopic (exact) mass is 499 g/mol. The van der Waals surface area contributed by atoms with Crippen LogP contribution in [0.4, 0.5) is 16.2 Å². The average Bonchev–Trinajstić information content (AvgIpc) is 3.27. The first-order valence-electron chi connectivity index (χ1n) is 12.4. The number of amides is 3. The molecule has 4 aromatic rings. The van der Waals surface area contributed by atoms with Gasteiger partial charge in [-0.25, -0.2) is 4.79 Å². The summed E-state index contributed by atoms with van der Waals surface area (Å²) >= 11 is 0. The summed E-state index contributed by atoms with van der Waals surface area (Å²) in [5.74, 6) is 0.423. The molecule has 1 aromatic heterocycles. The number of urea groups is 1. The van der Waals surface area contributed by atoms with Crippen LogP contribution in [0.5, 0.6) is 5.75 Å². The van der Waals surface area contributed by atoms with Gasteiger partial charge in [-0.2, -0.15) is 0 Å². The maximum absolute atomic E-state index is 13.1. The van der Waals surface area contributed by atoms with E-state index in [0.29, 0.717) is 36.7 Å². The van der Waals surface area contributed by atoms with Gasteiger partial charge in [-0.05, 0) is 86.8 Å². The molecule has 0 unspecified atom stereocenters. The lowest BCUT2D eigenvalue weighted by molar-refractivity contribution is -0.118. The van der Waals surface area contributed by atoms with Crippen LogP contribution >= 0.6 is 0 Å². The second-order valence-electron chi connectivity index (χ2n) is 8.98. The molecular formula is C29H33N5O3. The summed E-state index contributed by atoms with van der Waals surface area (Å²) in [7, 11) is 0. The zero-order valence-corrected chi connectivity index (χ0v) is 20.9. The first-order valence-corrected chi connectivity index (χ1v) is 12.4. The zero-order chi connectivity index (χ0) is 26.0. The molecule has 0 bridgehead atoms. The van der Waals surface area contributed by atoms with E-state index in [1.165, 1.54) is 0 Å². The largest absolute Gasteiger partial charge is 0.489 e. The van der Waals surface area contributed by atoms with E-state index in [-0.39, 0.29) is 5.91 Å². The Kier molecular flexibility index (Phi) is 8.78. The molecule has 1 atom stereocenters. The zero-order valence-electron chi connectivity index (χ0n) is 20.9. The van der Waals surface area contributed by atoms with E-state index in [0.717, 1.165) is 35.0 Å². The molecule has 0 fully saturated rings. The van der Waals surface area contributed by atoms with Crippen molar-refractivity contribution in [2.75, 3.05) is 17.2 Å². The molecule has 1 heterocycles. The predicted octanol–water partition coefficient (Wildman–Crippen LogP) is 5.31. The minimum absolute atomic E-state index is 0.275. The van der Waals surface area contributed by atoms with E-state index in [1.807, 2.05) is 61.5 Å². The summed E-state index contributed by atoms with van der Waals surface area (Å²) < 4.78 is 5.79. The summed E-state index contributed by atoms with van der Waals surface area (Å²) in [5.41, 5.74) is 10.0. The van der Waals surface area contributed by atoms with E-state index in [2.05, 4.69) is 20.9 Å². The number of aryl methyl sites for hydroxylation is 1. The normalized spacial score (nSPS) is 11.6. The van der Waals surface area contributed by atoms with Gasteiger partial charge in [0, 0.05) is 28.0 Å². The highest BCUT2D eigenvalue weighted by molar-refractivity contribution is 6.00. The maximum Gasteiger partial charge on any atom is 0.319 e. The Morgan fingerprint density at radius 3 is 2.43 bits per heavy atom. The van der Waals surface area contributed by atoms with Crippen LogP contribution in [0.25, 0.3) is 10.9 Å². The summed E-state index contributed by atoms with van der Waals surface area (Å²) in [4.78, 5) is 29.0. The topological polar surface area (TPSA) is 121 Å². The third-order valence-electron chi connectivity index (χ3n) is 5.95. The second-order valence-corrected chi connectivity index (χ2v) is 8.98. The predicted molar refractivity (Wildman–Crippen MR) is 148 cm³/mol. The van der Waals surface area contributed by atoms with Gasteiger partial charge in [-0.15, -0.1) is 0 Å². The molecular weight excluding hydrogens is 466 g/mol. The lowest BCUT2D eigenvalue weighted by atomic mass is 10.1. The summed E-state index contributed by atoms with van der Waals surface area (Å²) in [6.07, 6.45) is 1.97. The van der Waals surface area contributed by atoms with Crippen molar-refractivity contribution in [2.24, 2.45) is 5.73 Å². The molecule has 0 saturated carbocycles. The van der Waals surface area contributed by atoms with E-state index in [1.54, 1.807) is 24.3 Å². The quantitative estimate of drug-likeness (QED) is 0.180. The number of rotatable bonds is 11. The smallest absolute Gasteiger partial charge is 0.319 e. The maximum atomic E-state index is 13.1. The van der Waals surface area contributed by atoms with Gasteiger partial charge in [0.05, 0.1) is 0 Å². The van der Waals surface area contributed by atoms with Crippen molar-refractivity contribution in [1.82, 2.24) is 10.3 Å². The number of anilines is 2. The molecule has 0 saturated heterocycles. The van der Waals surface area contributed by atoms with Crippen LogP contribution in [0.2, 0.25) is 0 Å². The standard InChI is InChI=1S/C29H33N5O3/c1-20-17-22-18-24(12-15-26(22)31-20)32-28(35)27(9-5-6-16-30)34-29(36)33-23-10-13-25(14-11-23)37-19-21-7-3-2-4-8-21/h2-4,7-8,10-15,17-18,27,31H,5-6,9,16,19,30H2,1H3,(H,32,35)(H2,33,34,36)/t27-/m0/s1. The van der Waals surface area contributed by atoms with Crippen molar-refractivity contribution in [2.45, 2.75) is 38.8 Å². The van der Waals surface area contributed by atoms with Crippen molar-refractivity contribution in [3.05, 3.63) is 90.1 Å². The Labute approximate surface area is 216 Å². The third-order valence-corrected chi connectivity index (χ3v) is 5.95. The highest BCUT2D eigenvalue weighted by Gasteiger charge is 2.21. The highest BCUT2D eigenvalue weighted by Crippen LogP contribution is 2.21. The molecule has 8 heteroatoms. The number of nitrogens with one attached hydrogen (secondary N) is 4. The number of H-pyrrole nitrogens is 1. The van der Waals surface area contributed by atoms with E-state index in [4.69, 9.17) is 10.5 Å². The number of hydrogen-bond donors (Lipinski definition) is 5. The first-order chi connectivity index (χ1) is 18.0. The van der Waals surface area contributed by atoms with Crippen LogP contribution in [0.3, 0.4) is 0 Å². The van der Waals surface area contributed by atoms with Gasteiger partial charge in [0.25, 0.3) is 0 Å². The number of aromatic amines is 1. The molecule has 0 aliphatic carbocycles. The first kappa shape index (κ1) is 25.8. The number of aromatic nitrogens is 1. The lowest BCUT2D eigenvalue weighted by Gasteiger charge is -2.19. The number of nitrogens with two attached hydrogens (primary N) is 1. The molecule has 0 aliphatic heterocycles. The van der Waals surface area contributed by atoms with Gasteiger partial charge in [-0.1, -0.05) is 30.3 Å². The molecule has 0 spiro atoms. The number of carbonyl (C=O) groups excluding carboxylic acids is 2. The number of fused-ring (bicyclic) bond motifs is 1. The molecule has 3 aromatic carbocycles. The molecule has 37 heavy (non-hydrogen) atoms. The number of benzene rings is 3. The number of hydrogen-bond acceptors (Lipinski definition) is 4. The van der Waals surface area contributed by atoms with Crippen molar-refractivity contribution < 1.29 is 14.3 Å². The van der Waals surface area contributed by atoms with Crippen LogP contribution < -0.4 is 26.4 Å². The van der Waals surface area contributed by atoms with Crippen molar-refractivity contribution in [1.29, 1.82) is 0 Å². The van der Waals surface area contributed by atoms with Crippen LogP contribution in [-0.4, -0.2) is 29.5 Å². The van der Waals surface area contributed by atoms with Crippen LogP contribution in [-0.2, 0) is 11.4 Å². The third kappa shape index (κ3) is 7.59. The van der Waals surface area contributed by atoms with Crippen LogP contribution in [0.1, 0.15) is 30.5 Å². The van der Waals surface area contributed by atoms with Crippen molar-refractivity contribution >= 4 is 34.2 Å². The Balaban J connectivity index is 1.33. The second kappa shape index (κ2) is 12.6. The Morgan fingerprint density at radius 2 is 1.68 bits per heavy atom. The van der Waals surface area contributed by atoms with Gasteiger partial charge < -0.3 is 31.4 Å². The fraction of sp³-hybridized carbons (Fsp3) is 0.241. The Bertz CT molecular complexity index is 1320. The fourth-order valence-electron chi connectivity index (χ4n) is 4.05. The lowest BCUT2D eigenvalue weighted by Crippen LogP contribution is -2.45. The summed E-state index contributed by atoms with van der Waals surface area (Å²) in [6.45, 7) is 2.98. The van der Waals surface area contributed by atoms with E-state index >= 15 is 0 Å². The number of ether oxygens (including phenoxy) is 1. The van der Waals surface area contributed by atoms with Gasteiger partial charge in [-0.3, -0.25) is 4.79 Å². The summed E-state index contributed by atoms with van der Waals surface area (Å²) in [6, 6.07) is 23.5. The number of carbonyl (C=O) groups is 2. The Morgan fingerprint density at radius 1 is 0.919 bits per heavy atom. The van der Waals surface area contributed by atoms with Gasteiger partial charge in [0.2, 0.25) is 5.91 Å². The SMILES string of the molecule is Cc1cc2cc(NC(=O)[C@H](CCCCN)NC(=O)Nc3ccc(OCc4ccccc4)cc3)ccc2[nH]1. The molecule has 0 aliphatic rings. The van der Waals surface area contributed by atoms with Gasteiger partial charge in [0.1, 0.15) is 18.4 Å². The molecule has 3 amide bonds. The minimum Gasteiger partial charge on any atom is -0.489 e. The highest BCUT2D eigenvalue weighted by atomic mass is 16.5. The van der Waals surface area contributed by atoms with Crippen LogP contribution in [0, 0.1) is 6.92 Å². The summed E-state index contributed by atoms with van der Waals surface area (Å²) in [5, 5.41) is 9.54. The fourth-order valence-corrected chi connectivity index (χ4v) is 4.05. The molecule has 192 valence electrons. The average molecular weight is 500 g/mol. The molecule has 6 N–H and O–H groups in total. The molecule has 0 radical (unpaired) electrons. The van der Waals surface area contributed by atoms with Gasteiger partial charge >= 0.3 is 6.03 Å². The molecule has 4 rings (SSSR count).